The molecule has 0 bridgehead atoms. The quantitative estimate of drug-likeness (QED) is 0.775. The van der Waals surface area contributed by atoms with E-state index in [-0.39, 0.29) is 9.96 Å². The van der Waals surface area contributed by atoms with Crippen LogP contribution in [0, 0.1) is 0 Å². The van der Waals surface area contributed by atoms with Crippen LogP contribution in [0.2, 0.25) is 0 Å². The molecular formula is C7H9NO5S2. The lowest BCUT2D eigenvalue weighted by molar-refractivity contribution is -0.135. The van der Waals surface area contributed by atoms with Crippen molar-refractivity contribution in [3.63, 3.8) is 0 Å². The summed E-state index contributed by atoms with van der Waals surface area (Å²) in [6.07, 6.45) is 0. The van der Waals surface area contributed by atoms with E-state index < -0.39 is 22.5 Å². The van der Waals surface area contributed by atoms with Gasteiger partial charge in [0.05, 0.1) is 7.11 Å². The first-order valence-corrected chi connectivity index (χ1v) is 6.16. The molecule has 0 aromatic carbocycles. The van der Waals surface area contributed by atoms with Crippen LogP contribution in [0.1, 0.15) is 0 Å². The van der Waals surface area contributed by atoms with E-state index in [9.17, 15) is 13.2 Å². The van der Waals surface area contributed by atoms with Crippen molar-refractivity contribution in [3.8, 4) is 5.75 Å². The molecule has 6 nitrogen and oxygen atoms in total. The largest absolute Gasteiger partial charge is 0.494 e. The molecule has 0 aliphatic carbocycles. The summed E-state index contributed by atoms with van der Waals surface area (Å²) in [4.78, 5) is 10.2. The van der Waals surface area contributed by atoms with Crippen LogP contribution in [-0.4, -0.2) is 33.1 Å². The predicted molar refractivity (Wildman–Crippen MR) is 53.7 cm³/mol. The van der Waals surface area contributed by atoms with Crippen LogP contribution < -0.4 is 9.46 Å². The van der Waals surface area contributed by atoms with Crippen LogP contribution in [-0.2, 0) is 14.8 Å². The first kappa shape index (κ1) is 12.0. The number of ether oxygens (including phenoxy) is 1. The number of carboxylic acid groups (broad SMARTS) is 1. The Kier molecular flexibility index (Phi) is 3.66. The topological polar surface area (TPSA) is 92.7 Å². The summed E-state index contributed by atoms with van der Waals surface area (Å²) in [5.74, 6) is -1.04. The van der Waals surface area contributed by atoms with E-state index in [1.165, 1.54) is 13.2 Å². The van der Waals surface area contributed by atoms with E-state index in [4.69, 9.17) is 9.84 Å². The summed E-state index contributed by atoms with van der Waals surface area (Å²) >= 11 is 0.964. The predicted octanol–water partition coefficient (Wildman–Crippen LogP) is 0.120. The van der Waals surface area contributed by atoms with E-state index in [1.54, 1.807) is 5.38 Å². The van der Waals surface area contributed by atoms with Crippen molar-refractivity contribution in [2.24, 2.45) is 0 Å². The van der Waals surface area contributed by atoms with Crippen molar-refractivity contribution < 1.29 is 23.1 Å². The van der Waals surface area contributed by atoms with E-state index in [0.29, 0.717) is 0 Å². The molecule has 2 N–H and O–H groups in total. The molecule has 8 heteroatoms. The van der Waals surface area contributed by atoms with E-state index in [1.807, 2.05) is 4.72 Å². The van der Waals surface area contributed by atoms with Crippen molar-refractivity contribution >= 4 is 27.3 Å². The fraction of sp³-hybridized carbons (Fsp3) is 0.286. The second kappa shape index (κ2) is 4.60. The maximum Gasteiger partial charge on any atom is 0.318 e. The Morgan fingerprint density at radius 3 is 2.87 bits per heavy atom. The van der Waals surface area contributed by atoms with Gasteiger partial charge in [-0.25, -0.2) is 8.42 Å². The van der Waals surface area contributed by atoms with E-state index in [0.717, 1.165) is 11.3 Å². The fourth-order valence-corrected chi connectivity index (χ4v) is 3.15. The third-order valence-electron chi connectivity index (χ3n) is 1.47. The molecule has 0 aliphatic rings. The van der Waals surface area contributed by atoms with Gasteiger partial charge in [0.15, 0.2) is 4.21 Å². The zero-order chi connectivity index (χ0) is 11.5. The highest BCUT2D eigenvalue weighted by molar-refractivity contribution is 7.91. The van der Waals surface area contributed by atoms with Crippen LogP contribution in [0.4, 0.5) is 0 Å². The number of thiophene rings is 1. The summed E-state index contributed by atoms with van der Waals surface area (Å²) in [5.41, 5.74) is 0. The molecule has 0 amide bonds. The highest BCUT2D eigenvalue weighted by Crippen LogP contribution is 2.28. The Morgan fingerprint density at radius 2 is 2.33 bits per heavy atom. The van der Waals surface area contributed by atoms with Crippen molar-refractivity contribution in [1.82, 2.24) is 4.72 Å². The molecule has 1 aromatic heterocycles. The van der Waals surface area contributed by atoms with Crippen LogP contribution >= 0.6 is 11.3 Å². The van der Waals surface area contributed by atoms with Crippen molar-refractivity contribution in [1.29, 1.82) is 0 Å². The zero-order valence-electron chi connectivity index (χ0n) is 7.76. The third kappa shape index (κ3) is 2.91. The molecule has 1 heterocycles. The molecule has 0 aliphatic heterocycles. The van der Waals surface area contributed by atoms with Gasteiger partial charge in [-0.3, -0.25) is 4.79 Å². The Labute approximate surface area is 90.5 Å². The summed E-state index contributed by atoms with van der Waals surface area (Å²) in [5, 5.41) is 9.90. The van der Waals surface area contributed by atoms with E-state index in [2.05, 4.69) is 0 Å². The normalized spacial score (nSPS) is 11.3. The molecule has 0 unspecified atom stereocenters. The minimum Gasteiger partial charge on any atom is -0.494 e. The van der Waals surface area contributed by atoms with Crippen LogP contribution in [0.25, 0.3) is 0 Å². The van der Waals surface area contributed by atoms with Gasteiger partial charge in [-0.1, -0.05) is 0 Å². The molecule has 1 rings (SSSR count). The van der Waals surface area contributed by atoms with E-state index >= 15 is 0 Å². The molecule has 0 spiro atoms. The lowest BCUT2D eigenvalue weighted by Gasteiger charge is -2.04. The molecule has 0 saturated heterocycles. The maximum absolute atomic E-state index is 11.5. The number of hydrogen-bond acceptors (Lipinski definition) is 5. The number of carboxylic acids is 1. The fourth-order valence-electron chi connectivity index (χ4n) is 0.853. The number of aliphatic carboxylic acids is 1. The highest BCUT2D eigenvalue weighted by atomic mass is 32.2. The number of sulfonamides is 1. The number of methoxy groups -OCH3 is 1. The Morgan fingerprint density at radius 1 is 1.67 bits per heavy atom. The minimum absolute atomic E-state index is 0.0220. The maximum atomic E-state index is 11.5. The van der Waals surface area contributed by atoms with Gasteiger partial charge in [0.1, 0.15) is 12.3 Å². The smallest absolute Gasteiger partial charge is 0.318 e. The zero-order valence-corrected chi connectivity index (χ0v) is 9.39. The van der Waals surface area contributed by atoms with Gasteiger partial charge in [-0.2, -0.15) is 4.72 Å². The van der Waals surface area contributed by atoms with Gasteiger partial charge in [0, 0.05) is 0 Å². The average molecular weight is 251 g/mol. The summed E-state index contributed by atoms with van der Waals surface area (Å²) in [7, 11) is -2.45. The molecule has 15 heavy (non-hydrogen) atoms. The molecule has 0 atom stereocenters. The van der Waals surface area contributed by atoms with Gasteiger partial charge < -0.3 is 9.84 Å². The van der Waals surface area contributed by atoms with Gasteiger partial charge >= 0.3 is 5.97 Å². The third-order valence-corrected chi connectivity index (χ3v) is 4.32. The highest BCUT2D eigenvalue weighted by Gasteiger charge is 2.21. The van der Waals surface area contributed by atoms with Gasteiger partial charge in [-0.15, -0.1) is 11.3 Å². The van der Waals surface area contributed by atoms with Crippen molar-refractivity contribution in [2.75, 3.05) is 13.7 Å². The van der Waals surface area contributed by atoms with Gasteiger partial charge in [0.2, 0.25) is 0 Å². The Hall–Kier alpha value is -1.12. The van der Waals surface area contributed by atoms with Crippen LogP contribution in [0.3, 0.4) is 0 Å². The summed E-state index contributed by atoms with van der Waals surface area (Å²) in [6, 6.07) is 1.50. The van der Waals surface area contributed by atoms with Crippen LogP contribution in [0.15, 0.2) is 15.7 Å². The molecule has 1 aromatic rings. The number of carbonyl (C=O) groups is 1. The van der Waals surface area contributed by atoms with Crippen LogP contribution in [0.5, 0.6) is 5.75 Å². The van der Waals surface area contributed by atoms with Gasteiger partial charge in [-0.05, 0) is 11.4 Å². The molecular weight excluding hydrogens is 242 g/mol. The SMILES string of the molecule is COc1ccsc1S(=O)(=O)NCC(=O)O. The number of nitrogens with one attached hydrogen (secondary N) is 1. The molecule has 0 fully saturated rings. The minimum atomic E-state index is -3.79. The van der Waals surface area contributed by atoms with Gasteiger partial charge in [0.25, 0.3) is 10.0 Å². The second-order valence-corrected chi connectivity index (χ2v) is 5.37. The number of rotatable bonds is 5. The molecule has 0 radical (unpaired) electrons. The van der Waals surface area contributed by atoms with Crippen molar-refractivity contribution in [2.45, 2.75) is 4.21 Å². The monoisotopic (exact) mass is 251 g/mol. The summed E-state index contributed by atoms with van der Waals surface area (Å²) < 4.78 is 29.8. The lowest BCUT2D eigenvalue weighted by Crippen LogP contribution is -2.29. The first-order valence-electron chi connectivity index (χ1n) is 3.80. The first-order chi connectivity index (χ1) is 6.97. The Bertz CT molecular complexity index is 450. The lowest BCUT2D eigenvalue weighted by atomic mass is 10.6. The molecule has 0 saturated carbocycles. The summed E-state index contributed by atoms with van der Waals surface area (Å²) in [6.45, 7) is -0.649. The van der Waals surface area contributed by atoms with Crippen molar-refractivity contribution in [3.05, 3.63) is 11.4 Å². The Balaban J connectivity index is 2.91. The standard InChI is InChI=1S/C7H9NO5S2/c1-13-5-2-3-14-7(5)15(11,12)8-4-6(9)10/h2-3,8H,4H2,1H3,(H,9,10). The number of hydrogen-bond donors (Lipinski definition) is 2. The second-order valence-electron chi connectivity index (χ2n) is 2.49. The average Bonchev–Trinajstić information content (AvgIpc) is 2.63. The molecule has 84 valence electrons.